The Morgan fingerprint density at radius 1 is 1.07 bits per heavy atom. The lowest BCUT2D eigenvalue weighted by molar-refractivity contribution is -0.125. The van der Waals surface area contributed by atoms with Crippen molar-refractivity contribution in [3.63, 3.8) is 0 Å². The quantitative estimate of drug-likeness (QED) is 0.694. The summed E-state index contributed by atoms with van der Waals surface area (Å²) in [6, 6.07) is 12.5. The van der Waals surface area contributed by atoms with Crippen molar-refractivity contribution in [2.24, 2.45) is 0 Å². The lowest BCUT2D eigenvalue weighted by atomic mass is 9.87. The largest absolute Gasteiger partial charge is 0.497 e. The van der Waals surface area contributed by atoms with Crippen LogP contribution in [0.4, 0.5) is 10.5 Å². The number of aromatic nitrogens is 1. The van der Waals surface area contributed by atoms with E-state index in [1.54, 1.807) is 30.2 Å². The van der Waals surface area contributed by atoms with Gasteiger partial charge in [0.2, 0.25) is 0 Å². The van der Waals surface area contributed by atoms with E-state index in [-0.39, 0.29) is 11.9 Å². The van der Waals surface area contributed by atoms with E-state index < -0.39 is 5.54 Å². The highest BCUT2D eigenvalue weighted by atomic mass is 16.5. The van der Waals surface area contributed by atoms with Gasteiger partial charge in [0.15, 0.2) is 5.54 Å². The van der Waals surface area contributed by atoms with Gasteiger partial charge in [-0.3, -0.25) is 4.79 Å². The molecule has 0 aliphatic carbocycles. The number of hydrogen-bond acceptors (Lipinski definition) is 4. The normalized spacial score (nSPS) is 20.8. The predicted octanol–water partition coefficient (Wildman–Crippen LogP) is 3.43. The van der Waals surface area contributed by atoms with Crippen molar-refractivity contribution in [1.82, 2.24) is 9.88 Å². The number of nitrogens with zero attached hydrogens (tertiary/aromatic N) is 2. The first-order valence-electron chi connectivity index (χ1n) is 9.49. The number of ether oxygens (including phenoxy) is 2. The van der Waals surface area contributed by atoms with Crippen molar-refractivity contribution in [2.45, 2.75) is 18.9 Å². The van der Waals surface area contributed by atoms with Gasteiger partial charge in [-0.15, -0.1) is 0 Å². The fraction of sp³-hybridized carbons (Fsp3) is 0.273. The summed E-state index contributed by atoms with van der Waals surface area (Å²) in [6.45, 7) is 2.27. The summed E-state index contributed by atoms with van der Waals surface area (Å²) in [6.07, 6.45) is 0.664. The molecule has 0 spiro atoms. The molecule has 2 aliphatic heterocycles. The van der Waals surface area contributed by atoms with Crippen molar-refractivity contribution < 1.29 is 19.1 Å². The Labute approximate surface area is 167 Å². The van der Waals surface area contributed by atoms with Gasteiger partial charge in [0.1, 0.15) is 11.5 Å². The molecule has 3 amide bonds. The molecule has 0 saturated carbocycles. The lowest BCUT2D eigenvalue weighted by Gasteiger charge is -2.35. The molecule has 0 bridgehead atoms. The van der Waals surface area contributed by atoms with Gasteiger partial charge in [-0.2, -0.15) is 0 Å². The molecule has 1 aromatic heterocycles. The summed E-state index contributed by atoms with van der Waals surface area (Å²) in [4.78, 5) is 33.2. The minimum Gasteiger partial charge on any atom is -0.497 e. The second-order valence-electron chi connectivity index (χ2n) is 7.46. The van der Waals surface area contributed by atoms with Crippen molar-refractivity contribution in [3.05, 3.63) is 53.7 Å². The van der Waals surface area contributed by atoms with Crippen LogP contribution in [-0.4, -0.2) is 42.6 Å². The molecule has 1 N–H and O–H groups in total. The van der Waals surface area contributed by atoms with E-state index in [0.29, 0.717) is 24.4 Å². The maximum atomic E-state index is 13.7. The Bertz CT molecular complexity index is 1170. The van der Waals surface area contributed by atoms with Gasteiger partial charge in [0.25, 0.3) is 5.91 Å². The zero-order valence-electron chi connectivity index (χ0n) is 16.5. The molecule has 5 rings (SSSR count). The molecule has 0 radical (unpaired) electrons. The van der Waals surface area contributed by atoms with Crippen LogP contribution in [0, 0.1) is 0 Å². The third-order valence-corrected chi connectivity index (χ3v) is 6.09. The van der Waals surface area contributed by atoms with Crippen LogP contribution in [-0.2, 0) is 16.8 Å². The predicted molar refractivity (Wildman–Crippen MR) is 108 cm³/mol. The number of benzene rings is 2. The van der Waals surface area contributed by atoms with Crippen LogP contribution in [0.1, 0.15) is 18.2 Å². The van der Waals surface area contributed by atoms with Gasteiger partial charge < -0.3 is 19.4 Å². The Balaban J connectivity index is 1.69. The number of H-pyrrole nitrogens is 1. The summed E-state index contributed by atoms with van der Waals surface area (Å²) in [5.74, 6) is 0.960. The van der Waals surface area contributed by atoms with Crippen LogP contribution in [0.15, 0.2) is 42.5 Å². The number of para-hydroxylation sites is 2. The fourth-order valence-corrected chi connectivity index (χ4v) is 4.57. The highest BCUT2D eigenvalue weighted by molar-refractivity contribution is 6.24. The molecule has 2 aromatic carbocycles. The molecule has 3 aromatic rings. The molecule has 148 valence electrons. The standard InChI is InChI=1S/C22H21N3O4/c1-22-19-14(15-12-13(28-2)8-9-16(15)23-19)10-11-24(22)21(27)25(20(22)26)17-6-4-5-7-18(17)29-3/h4-9,12,23H,10-11H2,1-3H3/t22-/m1/s1. The topological polar surface area (TPSA) is 74.9 Å². The first kappa shape index (κ1) is 17.6. The third-order valence-electron chi connectivity index (χ3n) is 6.09. The molecule has 1 fully saturated rings. The van der Waals surface area contributed by atoms with Gasteiger partial charge in [0.05, 0.1) is 25.6 Å². The van der Waals surface area contributed by atoms with E-state index in [0.717, 1.165) is 27.9 Å². The molecular formula is C22H21N3O4. The molecular weight excluding hydrogens is 370 g/mol. The van der Waals surface area contributed by atoms with Crippen LogP contribution in [0.3, 0.4) is 0 Å². The average molecular weight is 391 g/mol. The summed E-state index contributed by atoms with van der Waals surface area (Å²) < 4.78 is 10.8. The zero-order chi connectivity index (χ0) is 20.3. The molecule has 1 atom stereocenters. The molecule has 7 nitrogen and oxygen atoms in total. The summed E-state index contributed by atoms with van der Waals surface area (Å²) in [7, 11) is 3.16. The second-order valence-corrected chi connectivity index (χ2v) is 7.46. The summed E-state index contributed by atoms with van der Waals surface area (Å²) in [5, 5.41) is 1.02. The van der Waals surface area contributed by atoms with Gasteiger partial charge in [-0.05, 0) is 49.2 Å². The van der Waals surface area contributed by atoms with Gasteiger partial charge in [0, 0.05) is 17.4 Å². The van der Waals surface area contributed by atoms with E-state index in [1.165, 1.54) is 12.0 Å². The minimum absolute atomic E-state index is 0.286. The first-order chi connectivity index (χ1) is 14.0. The number of hydrogen-bond donors (Lipinski definition) is 1. The molecule has 29 heavy (non-hydrogen) atoms. The van der Waals surface area contributed by atoms with Crippen LogP contribution >= 0.6 is 0 Å². The number of nitrogens with one attached hydrogen (secondary N) is 1. The smallest absolute Gasteiger partial charge is 0.332 e. The highest BCUT2D eigenvalue weighted by Gasteiger charge is 2.59. The van der Waals surface area contributed by atoms with Crippen LogP contribution < -0.4 is 14.4 Å². The van der Waals surface area contributed by atoms with E-state index in [2.05, 4.69) is 4.98 Å². The number of fused-ring (bicyclic) bond motifs is 5. The number of rotatable bonds is 3. The lowest BCUT2D eigenvalue weighted by Crippen LogP contribution is -2.49. The van der Waals surface area contributed by atoms with Crippen molar-refractivity contribution in [1.29, 1.82) is 0 Å². The first-order valence-corrected chi connectivity index (χ1v) is 9.49. The number of amides is 3. The molecule has 7 heteroatoms. The highest BCUT2D eigenvalue weighted by Crippen LogP contribution is 2.46. The van der Waals surface area contributed by atoms with E-state index >= 15 is 0 Å². The van der Waals surface area contributed by atoms with Crippen LogP contribution in [0.2, 0.25) is 0 Å². The van der Waals surface area contributed by atoms with Crippen molar-refractivity contribution in [3.8, 4) is 11.5 Å². The van der Waals surface area contributed by atoms with Gasteiger partial charge >= 0.3 is 6.03 Å². The number of methoxy groups -OCH3 is 2. The SMILES string of the molecule is COc1ccc2[nH]c3c(c2c1)CCN1C(=O)N(c2ccccc2OC)C(=O)[C@@]31C. The second kappa shape index (κ2) is 6.01. The van der Waals surface area contributed by atoms with Crippen LogP contribution in [0.5, 0.6) is 11.5 Å². The molecule has 1 saturated heterocycles. The maximum absolute atomic E-state index is 13.7. The van der Waals surface area contributed by atoms with E-state index in [1.807, 2.05) is 31.2 Å². The van der Waals surface area contributed by atoms with E-state index in [9.17, 15) is 9.59 Å². The summed E-state index contributed by atoms with van der Waals surface area (Å²) in [5.41, 5.74) is 2.11. The van der Waals surface area contributed by atoms with Gasteiger partial charge in [-0.1, -0.05) is 12.1 Å². The number of urea groups is 1. The summed E-state index contributed by atoms with van der Waals surface area (Å²) >= 11 is 0. The number of carbonyl (C=O) groups is 2. The monoisotopic (exact) mass is 391 g/mol. The van der Waals surface area contributed by atoms with E-state index in [4.69, 9.17) is 9.47 Å². The van der Waals surface area contributed by atoms with Crippen LogP contribution in [0.25, 0.3) is 10.9 Å². The maximum Gasteiger partial charge on any atom is 0.332 e. The van der Waals surface area contributed by atoms with Crippen molar-refractivity contribution in [2.75, 3.05) is 25.7 Å². The molecule has 3 heterocycles. The van der Waals surface area contributed by atoms with Crippen molar-refractivity contribution >= 4 is 28.5 Å². The fourth-order valence-electron chi connectivity index (χ4n) is 4.57. The van der Waals surface area contributed by atoms with Gasteiger partial charge in [-0.25, -0.2) is 9.69 Å². The molecule has 2 aliphatic rings. The Hall–Kier alpha value is -3.48. The minimum atomic E-state index is -1.10. The Kier molecular flexibility index (Phi) is 3.65. The Morgan fingerprint density at radius 2 is 1.86 bits per heavy atom. The number of carbonyl (C=O) groups excluding carboxylic acids is 2. The zero-order valence-corrected chi connectivity index (χ0v) is 16.5. The number of anilines is 1. The number of aromatic amines is 1. The average Bonchev–Trinajstić information content (AvgIpc) is 3.21. The number of imide groups is 1. The Morgan fingerprint density at radius 3 is 2.62 bits per heavy atom. The third kappa shape index (κ3) is 2.18. The molecule has 0 unspecified atom stereocenters.